The van der Waals surface area contributed by atoms with E-state index < -0.39 is 10.1 Å². The van der Waals surface area contributed by atoms with Crippen LogP contribution in [0.1, 0.15) is 0 Å². The molecule has 20 heavy (non-hydrogen) atoms. The van der Waals surface area contributed by atoms with Crippen LogP contribution in [0, 0.1) is 0 Å². The molecule has 0 radical (unpaired) electrons. The Morgan fingerprint density at radius 2 is 1.45 bits per heavy atom. The summed E-state index contributed by atoms with van der Waals surface area (Å²) in [5.74, 6) is 0. The van der Waals surface area contributed by atoms with Crippen molar-refractivity contribution >= 4 is 44.9 Å². The van der Waals surface area contributed by atoms with E-state index in [1.807, 2.05) is 0 Å². The molecule has 2 aromatic carbocycles. The van der Waals surface area contributed by atoms with Gasteiger partial charge in [-0.2, -0.15) is 0 Å². The molecule has 0 spiro atoms. The molecule has 0 bridgehead atoms. The molecular formula is C12H6Cl3NaO3S. The summed E-state index contributed by atoms with van der Waals surface area (Å²) in [4.78, 5) is -0.352. The number of hydrogen-bond acceptors (Lipinski definition) is 3. The number of hydrogen-bond donors (Lipinski definition) is 0. The first-order valence-electron chi connectivity index (χ1n) is 5.01. The summed E-state index contributed by atoms with van der Waals surface area (Å²) in [6, 6.07) is 8.76. The van der Waals surface area contributed by atoms with Gasteiger partial charge in [-0.3, -0.25) is 0 Å². The van der Waals surface area contributed by atoms with Gasteiger partial charge in [0.15, 0.2) is 0 Å². The molecule has 0 saturated carbocycles. The Morgan fingerprint density at radius 3 is 2.05 bits per heavy atom. The topological polar surface area (TPSA) is 57.2 Å². The van der Waals surface area contributed by atoms with Gasteiger partial charge in [-0.25, -0.2) is 8.42 Å². The van der Waals surface area contributed by atoms with Crippen LogP contribution in [0.2, 0.25) is 15.1 Å². The van der Waals surface area contributed by atoms with Gasteiger partial charge in [-0.15, -0.1) is 0 Å². The van der Waals surface area contributed by atoms with E-state index in [1.54, 1.807) is 6.07 Å². The molecular weight excluding hydrogens is 354 g/mol. The minimum absolute atomic E-state index is 0. The van der Waals surface area contributed by atoms with Crippen LogP contribution < -0.4 is 29.6 Å². The monoisotopic (exact) mass is 358 g/mol. The summed E-state index contributed by atoms with van der Waals surface area (Å²) in [6.45, 7) is 0. The van der Waals surface area contributed by atoms with Crippen LogP contribution in [0.15, 0.2) is 41.3 Å². The zero-order valence-corrected chi connectivity index (χ0v) is 15.3. The summed E-state index contributed by atoms with van der Waals surface area (Å²) >= 11 is 17.8. The summed E-state index contributed by atoms with van der Waals surface area (Å²) in [5, 5.41) is 0.460. The van der Waals surface area contributed by atoms with E-state index in [1.165, 1.54) is 30.3 Å². The number of halogens is 3. The molecule has 2 rings (SSSR count). The fraction of sp³-hybridized carbons (Fsp3) is 0. The van der Waals surface area contributed by atoms with Gasteiger partial charge in [-0.1, -0.05) is 59.1 Å². The molecule has 3 nitrogen and oxygen atoms in total. The third-order valence-electron chi connectivity index (χ3n) is 2.48. The van der Waals surface area contributed by atoms with Crippen LogP contribution in [0.4, 0.5) is 0 Å². The van der Waals surface area contributed by atoms with Crippen LogP contribution >= 0.6 is 34.8 Å². The molecule has 0 aliphatic heterocycles. The number of benzene rings is 2. The molecule has 8 heteroatoms. The van der Waals surface area contributed by atoms with Crippen molar-refractivity contribution in [3.63, 3.8) is 0 Å². The van der Waals surface area contributed by atoms with Gasteiger partial charge >= 0.3 is 29.6 Å². The van der Waals surface area contributed by atoms with E-state index >= 15 is 0 Å². The molecule has 0 saturated heterocycles. The third kappa shape index (κ3) is 3.70. The van der Waals surface area contributed by atoms with Gasteiger partial charge in [-0.05, 0) is 12.1 Å². The summed E-state index contributed by atoms with van der Waals surface area (Å²) < 4.78 is 33.7. The zero-order chi connectivity index (χ0) is 14.2. The Labute approximate surface area is 153 Å². The van der Waals surface area contributed by atoms with Crippen molar-refractivity contribution in [3.8, 4) is 11.1 Å². The first-order chi connectivity index (χ1) is 8.82. The molecule has 0 heterocycles. The molecule has 0 aliphatic rings. The number of rotatable bonds is 2. The smallest absolute Gasteiger partial charge is 0.744 e. The Morgan fingerprint density at radius 1 is 0.850 bits per heavy atom. The maximum absolute atomic E-state index is 11.2. The quantitative estimate of drug-likeness (QED) is 0.460. The third-order valence-corrected chi connectivity index (χ3v) is 4.67. The van der Waals surface area contributed by atoms with Gasteiger partial charge in [0.25, 0.3) is 0 Å². The average molecular weight is 360 g/mol. The van der Waals surface area contributed by atoms with Crippen molar-refractivity contribution in [1.82, 2.24) is 0 Å². The van der Waals surface area contributed by atoms with E-state index in [-0.39, 0.29) is 55.1 Å². The van der Waals surface area contributed by atoms with E-state index in [4.69, 9.17) is 34.8 Å². The van der Waals surface area contributed by atoms with Crippen molar-refractivity contribution in [2.75, 3.05) is 0 Å². The van der Waals surface area contributed by atoms with Crippen molar-refractivity contribution in [2.24, 2.45) is 0 Å². The standard InChI is InChI=1S/C12H7Cl3O3S.Na/c13-9-6-5-8(11(14)12(9)15)7-3-1-2-4-10(7)19(16,17)18;/h1-6H,(H,16,17,18);/q;+1/p-1. The summed E-state index contributed by atoms with van der Waals surface area (Å²) in [6.07, 6.45) is 0. The van der Waals surface area contributed by atoms with Crippen LogP contribution in [0.3, 0.4) is 0 Å². The molecule has 0 aromatic heterocycles. The Hall–Kier alpha value is 0.220. The second kappa shape index (κ2) is 6.99. The Kier molecular flexibility index (Phi) is 6.38. The van der Waals surface area contributed by atoms with Gasteiger partial charge in [0.05, 0.1) is 20.0 Å². The van der Waals surface area contributed by atoms with Crippen molar-refractivity contribution in [1.29, 1.82) is 0 Å². The second-order valence-corrected chi connectivity index (χ2v) is 6.18. The normalized spacial score (nSPS) is 11.0. The molecule has 0 unspecified atom stereocenters. The zero-order valence-electron chi connectivity index (χ0n) is 10.2. The van der Waals surface area contributed by atoms with Crippen LogP contribution in [0.5, 0.6) is 0 Å². The van der Waals surface area contributed by atoms with Gasteiger partial charge in [0, 0.05) is 11.1 Å². The fourth-order valence-electron chi connectivity index (χ4n) is 1.64. The average Bonchev–Trinajstić information content (AvgIpc) is 2.35. The van der Waals surface area contributed by atoms with Crippen molar-refractivity contribution in [3.05, 3.63) is 51.5 Å². The molecule has 100 valence electrons. The SMILES string of the molecule is O=S(=O)([O-])c1ccccc1-c1ccc(Cl)c(Cl)c1Cl.[Na+]. The fourth-order valence-corrected chi connectivity index (χ4v) is 2.97. The van der Waals surface area contributed by atoms with E-state index in [2.05, 4.69) is 0 Å². The predicted molar refractivity (Wildman–Crippen MR) is 74.9 cm³/mol. The summed E-state index contributed by atoms with van der Waals surface area (Å²) in [5.41, 5.74) is 0.534. The van der Waals surface area contributed by atoms with E-state index in [0.717, 1.165) is 0 Å². The van der Waals surface area contributed by atoms with Gasteiger partial charge in [0.1, 0.15) is 10.1 Å². The Bertz CT molecular complexity index is 748. The largest absolute Gasteiger partial charge is 1.00 e. The molecule has 2 aromatic rings. The second-order valence-electron chi connectivity index (χ2n) is 3.67. The van der Waals surface area contributed by atoms with Gasteiger partial charge < -0.3 is 4.55 Å². The van der Waals surface area contributed by atoms with Gasteiger partial charge in [0.2, 0.25) is 0 Å². The van der Waals surface area contributed by atoms with Crippen LogP contribution in [0.25, 0.3) is 11.1 Å². The first kappa shape index (κ1) is 18.3. The van der Waals surface area contributed by atoms with Crippen LogP contribution in [-0.4, -0.2) is 13.0 Å². The van der Waals surface area contributed by atoms with Crippen molar-refractivity contribution < 1.29 is 42.5 Å². The van der Waals surface area contributed by atoms with Crippen molar-refractivity contribution in [2.45, 2.75) is 4.90 Å². The first-order valence-corrected chi connectivity index (χ1v) is 7.55. The maximum atomic E-state index is 11.2. The molecule has 0 atom stereocenters. The Balaban J connectivity index is 0.00000200. The van der Waals surface area contributed by atoms with Crippen LogP contribution in [-0.2, 0) is 10.1 Å². The minimum Gasteiger partial charge on any atom is -0.744 e. The molecule has 0 fully saturated rings. The maximum Gasteiger partial charge on any atom is 1.00 e. The molecule has 0 N–H and O–H groups in total. The summed E-state index contributed by atoms with van der Waals surface area (Å²) in [7, 11) is -4.61. The molecule has 0 aliphatic carbocycles. The van der Waals surface area contributed by atoms with E-state index in [0.29, 0.717) is 5.56 Å². The van der Waals surface area contributed by atoms with E-state index in [9.17, 15) is 13.0 Å². The minimum atomic E-state index is -4.61. The predicted octanol–water partition coefficient (Wildman–Crippen LogP) is 1.22. The molecule has 0 amide bonds.